The Bertz CT molecular complexity index is 1210. The van der Waals surface area contributed by atoms with Gasteiger partial charge in [-0.05, 0) is 28.8 Å². The number of carbonyl (C=O) groups is 1. The molecular weight excluding hydrogens is 442 g/mol. The molecule has 0 saturated carbocycles. The molecule has 1 aromatic heterocycles. The first kappa shape index (κ1) is 20.5. The highest BCUT2D eigenvalue weighted by molar-refractivity contribution is 7.15. The second-order valence-electron chi connectivity index (χ2n) is 7.44. The van der Waals surface area contributed by atoms with Gasteiger partial charge in [0.25, 0.3) is 0 Å². The van der Waals surface area contributed by atoms with Crippen LogP contribution >= 0.6 is 22.9 Å². The third-order valence-electron chi connectivity index (χ3n) is 5.38. The molecule has 1 aliphatic carbocycles. The maximum atomic E-state index is 12.6. The van der Waals surface area contributed by atoms with Gasteiger partial charge in [-0.2, -0.15) is 0 Å². The summed E-state index contributed by atoms with van der Waals surface area (Å²) in [6.45, 7) is 1.05. The summed E-state index contributed by atoms with van der Waals surface area (Å²) in [4.78, 5) is 17.7. The molecule has 0 aliphatic heterocycles. The first-order valence-corrected chi connectivity index (χ1v) is 11.4. The van der Waals surface area contributed by atoms with Gasteiger partial charge in [0.1, 0.15) is 0 Å². The van der Waals surface area contributed by atoms with Crippen LogP contribution in [0.3, 0.4) is 0 Å². The van der Waals surface area contributed by atoms with Crippen LogP contribution in [-0.2, 0) is 17.8 Å². The van der Waals surface area contributed by atoms with E-state index in [9.17, 15) is 4.79 Å². The standard InChI is InChI=1S/C25H20ClN3O2S/c26-24-28-15-18(32-24)14-27-17-11-9-16(10-12-17)13-29-25(30)31-23-21-7-3-1-5-19(21)20-6-2-4-8-22(20)23/h1-12,15,23,27H,13-14H2,(H,29,30). The van der Waals surface area contributed by atoms with E-state index in [0.717, 1.165) is 38.4 Å². The first-order valence-electron chi connectivity index (χ1n) is 10.2. The SMILES string of the molecule is O=C(NCc1ccc(NCc2cnc(Cl)s2)cc1)OC1c2ccccc2-c2ccccc21. The third kappa shape index (κ3) is 4.33. The Morgan fingerprint density at radius 3 is 2.22 bits per heavy atom. The van der Waals surface area contributed by atoms with Gasteiger partial charge >= 0.3 is 6.09 Å². The van der Waals surface area contributed by atoms with E-state index in [1.807, 2.05) is 60.7 Å². The quantitative estimate of drug-likeness (QED) is 0.348. The van der Waals surface area contributed by atoms with E-state index in [0.29, 0.717) is 17.6 Å². The van der Waals surface area contributed by atoms with E-state index >= 15 is 0 Å². The lowest BCUT2D eigenvalue weighted by Crippen LogP contribution is -2.25. The minimum atomic E-state index is -0.439. The fourth-order valence-corrected chi connectivity index (χ4v) is 4.77. The number of anilines is 1. The molecule has 1 heterocycles. The van der Waals surface area contributed by atoms with Crippen molar-refractivity contribution in [3.63, 3.8) is 0 Å². The van der Waals surface area contributed by atoms with Crippen molar-refractivity contribution in [2.24, 2.45) is 0 Å². The zero-order chi connectivity index (χ0) is 21.9. The average molecular weight is 462 g/mol. The number of nitrogens with one attached hydrogen (secondary N) is 2. The highest BCUT2D eigenvalue weighted by Crippen LogP contribution is 2.44. The fraction of sp³-hybridized carbons (Fsp3) is 0.120. The second kappa shape index (κ2) is 9.02. The van der Waals surface area contributed by atoms with Gasteiger partial charge in [0.05, 0.1) is 6.54 Å². The molecule has 0 unspecified atom stereocenters. The number of hydrogen-bond acceptors (Lipinski definition) is 5. The van der Waals surface area contributed by atoms with Crippen molar-refractivity contribution in [3.8, 4) is 11.1 Å². The van der Waals surface area contributed by atoms with Crippen LogP contribution in [0.25, 0.3) is 11.1 Å². The summed E-state index contributed by atoms with van der Waals surface area (Å²) < 4.78 is 6.36. The summed E-state index contributed by atoms with van der Waals surface area (Å²) >= 11 is 7.32. The van der Waals surface area contributed by atoms with Crippen LogP contribution in [0.4, 0.5) is 10.5 Å². The van der Waals surface area contributed by atoms with Crippen LogP contribution in [0.5, 0.6) is 0 Å². The number of hydrogen-bond donors (Lipinski definition) is 2. The van der Waals surface area contributed by atoms with Crippen LogP contribution in [0.1, 0.15) is 27.7 Å². The Balaban J connectivity index is 1.18. The summed E-state index contributed by atoms with van der Waals surface area (Å²) in [5, 5.41) is 6.20. The number of thiazole rings is 1. The van der Waals surface area contributed by atoms with Crippen molar-refractivity contribution >= 4 is 34.7 Å². The van der Waals surface area contributed by atoms with Gasteiger partial charge < -0.3 is 15.4 Å². The molecule has 7 heteroatoms. The van der Waals surface area contributed by atoms with Crippen molar-refractivity contribution in [1.29, 1.82) is 0 Å². The number of alkyl carbamates (subject to hydrolysis) is 1. The number of aromatic nitrogens is 1. The topological polar surface area (TPSA) is 63.2 Å². The summed E-state index contributed by atoms with van der Waals surface area (Å²) in [5.41, 5.74) is 6.23. The molecule has 1 amide bonds. The van der Waals surface area contributed by atoms with Gasteiger partial charge in [0.2, 0.25) is 0 Å². The van der Waals surface area contributed by atoms with Crippen LogP contribution in [0.15, 0.2) is 79.0 Å². The van der Waals surface area contributed by atoms with Crippen molar-refractivity contribution in [1.82, 2.24) is 10.3 Å². The van der Waals surface area contributed by atoms with Crippen molar-refractivity contribution in [3.05, 3.63) is 105 Å². The number of carbonyl (C=O) groups excluding carboxylic acids is 1. The number of halogens is 1. The van der Waals surface area contributed by atoms with Gasteiger partial charge in [-0.15, -0.1) is 11.3 Å². The van der Waals surface area contributed by atoms with Crippen LogP contribution in [0, 0.1) is 0 Å². The van der Waals surface area contributed by atoms with E-state index < -0.39 is 12.2 Å². The molecule has 32 heavy (non-hydrogen) atoms. The smallest absolute Gasteiger partial charge is 0.408 e. The molecule has 0 spiro atoms. The van der Waals surface area contributed by atoms with Crippen molar-refractivity contribution in [2.45, 2.75) is 19.2 Å². The average Bonchev–Trinajstić information content (AvgIpc) is 3.38. The lowest BCUT2D eigenvalue weighted by atomic mass is 10.1. The molecule has 4 aromatic rings. The normalized spacial score (nSPS) is 12.2. The Hall–Kier alpha value is -3.35. The minimum absolute atomic E-state index is 0.388. The number of benzene rings is 3. The molecule has 5 nitrogen and oxygen atoms in total. The van der Waals surface area contributed by atoms with E-state index in [1.165, 1.54) is 11.3 Å². The van der Waals surface area contributed by atoms with E-state index in [1.54, 1.807) is 6.20 Å². The fourth-order valence-electron chi connectivity index (χ4n) is 3.85. The maximum absolute atomic E-state index is 12.6. The highest BCUT2D eigenvalue weighted by atomic mass is 35.5. The van der Waals surface area contributed by atoms with Crippen molar-refractivity contribution in [2.75, 3.05) is 5.32 Å². The molecule has 0 radical (unpaired) electrons. The molecule has 0 bridgehead atoms. The molecule has 1 aliphatic rings. The molecule has 3 aromatic carbocycles. The lowest BCUT2D eigenvalue weighted by Gasteiger charge is -2.16. The summed E-state index contributed by atoms with van der Waals surface area (Å²) in [6.07, 6.45) is 0.936. The number of ether oxygens (including phenoxy) is 1. The molecule has 2 N–H and O–H groups in total. The van der Waals surface area contributed by atoms with Crippen LogP contribution in [-0.4, -0.2) is 11.1 Å². The van der Waals surface area contributed by atoms with Crippen LogP contribution in [0.2, 0.25) is 4.47 Å². The van der Waals surface area contributed by atoms with Gasteiger partial charge in [0, 0.05) is 34.4 Å². The second-order valence-corrected chi connectivity index (χ2v) is 9.14. The number of fused-ring (bicyclic) bond motifs is 3. The number of amides is 1. The summed E-state index contributed by atoms with van der Waals surface area (Å²) in [6, 6.07) is 24.0. The molecular formula is C25H20ClN3O2S. The minimum Gasteiger partial charge on any atom is -0.436 e. The number of rotatable bonds is 6. The zero-order valence-electron chi connectivity index (χ0n) is 17.0. The van der Waals surface area contributed by atoms with Crippen LogP contribution < -0.4 is 10.6 Å². The largest absolute Gasteiger partial charge is 0.436 e. The molecule has 0 atom stereocenters. The van der Waals surface area contributed by atoms with E-state index in [4.69, 9.17) is 16.3 Å². The first-order chi connectivity index (χ1) is 15.7. The summed E-state index contributed by atoms with van der Waals surface area (Å²) in [5.74, 6) is 0. The third-order valence-corrected chi connectivity index (χ3v) is 6.50. The Morgan fingerprint density at radius 2 is 1.59 bits per heavy atom. The summed E-state index contributed by atoms with van der Waals surface area (Å²) in [7, 11) is 0. The predicted octanol–water partition coefficient (Wildman–Crippen LogP) is 6.40. The van der Waals surface area contributed by atoms with Gasteiger partial charge in [-0.1, -0.05) is 72.3 Å². The zero-order valence-corrected chi connectivity index (χ0v) is 18.6. The van der Waals surface area contributed by atoms with Gasteiger partial charge in [0.15, 0.2) is 10.6 Å². The Morgan fingerprint density at radius 1 is 0.938 bits per heavy atom. The van der Waals surface area contributed by atoms with E-state index in [2.05, 4.69) is 27.8 Å². The monoisotopic (exact) mass is 461 g/mol. The molecule has 5 rings (SSSR count). The molecule has 160 valence electrons. The predicted molar refractivity (Wildman–Crippen MR) is 128 cm³/mol. The Kier molecular flexibility index (Phi) is 5.79. The molecule has 0 fully saturated rings. The van der Waals surface area contributed by atoms with Gasteiger partial charge in [-0.25, -0.2) is 9.78 Å². The van der Waals surface area contributed by atoms with Gasteiger partial charge in [-0.3, -0.25) is 0 Å². The maximum Gasteiger partial charge on any atom is 0.408 e. The highest BCUT2D eigenvalue weighted by Gasteiger charge is 2.30. The molecule has 0 saturated heterocycles. The van der Waals surface area contributed by atoms with E-state index in [-0.39, 0.29) is 0 Å². The Labute approximate surface area is 195 Å². The number of nitrogens with zero attached hydrogens (tertiary/aromatic N) is 1. The van der Waals surface area contributed by atoms with Crippen molar-refractivity contribution < 1.29 is 9.53 Å². The lowest BCUT2D eigenvalue weighted by molar-refractivity contribution is 0.118.